The Kier molecular flexibility index (Phi) is 6.12. The fourth-order valence-corrected chi connectivity index (χ4v) is 2.66. The topological polar surface area (TPSA) is 61.4 Å². The molecule has 1 aromatic carbocycles. The SMILES string of the molecule is CS[C@H](C)C(=O)NC1CCN(C(=O)Nc2ccccc2)CC1. The van der Waals surface area contributed by atoms with Crippen LogP contribution in [-0.2, 0) is 4.79 Å². The number of hydrogen-bond donors (Lipinski definition) is 2. The first-order valence-electron chi connectivity index (χ1n) is 7.54. The number of likely N-dealkylation sites (tertiary alicyclic amines) is 1. The third kappa shape index (κ3) is 4.66. The van der Waals surface area contributed by atoms with Gasteiger partial charge in [0, 0.05) is 24.8 Å². The van der Waals surface area contributed by atoms with E-state index in [9.17, 15) is 9.59 Å². The highest BCUT2D eigenvalue weighted by Gasteiger charge is 2.25. The number of urea groups is 1. The van der Waals surface area contributed by atoms with Gasteiger partial charge in [0.1, 0.15) is 0 Å². The number of amides is 3. The van der Waals surface area contributed by atoms with Crippen molar-refractivity contribution < 1.29 is 9.59 Å². The Morgan fingerprint density at radius 2 is 1.86 bits per heavy atom. The van der Waals surface area contributed by atoms with Crippen molar-refractivity contribution in [1.29, 1.82) is 0 Å². The first-order chi connectivity index (χ1) is 10.6. The predicted octanol–water partition coefficient (Wildman–Crippen LogP) is 2.55. The first-order valence-corrected chi connectivity index (χ1v) is 8.83. The normalized spacial score (nSPS) is 16.9. The largest absolute Gasteiger partial charge is 0.352 e. The molecule has 22 heavy (non-hydrogen) atoms. The summed E-state index contributed by atoms with van der Waals surface area (Å²) in [5.41, 5.74) is 0.803. The molecule has 3 amide bonds. The van der Waals surface area contributed by atoms with Crippen molar-refractivity contribution in [1.82, 2.24) is 10.2 Å². The summed E-state index contributed by atoms with van der Waals surface area (Å²) in [6.07, 6.45) is 3.53. The fraction of sp³-hybridized carbons (Fsp3) is 0.500. The Balaban J connectivity index is 1.77. The van der Waals surface area contributed by atoms with Crippen molar-refractivity contribution in [3.05, 3.63) is 30.3 Å². The highest BCUT2D eigenvalue weighted by atomic mass is 32.2. The van der Waals surface area contributed by atoms with Gasteiger partial charge in [-0.3, -0.25) is 4.79 Å². The molecule has 1 aliphatic heterocycles. The maximum Gasteiger partial charge on any atom is 0.321 e. The van der Waals surface area contributed by atoms with E-state index in [0.717, 1.165) is 18.5 Å². The van der Waals surface area contributed by atoms with Gasteiger partial charge in [-0.2, -0.15) is 11.8 Å². The number of benzene rings is 1. The van der Waals surface area contributed by atoms with Crippen molar-refractivity contribution in [2.45, 2.75) is 31.1 Å². The van der Waals surface area contributed by atoms with E-state index in [1.807, 2.05) is 43.5 Å². The molecule has 2 N–H and O–H groups in total. The van der Waals surface area contributed by atoms with Gasteiger partial charge in [0.25, 0.3) is 0 Å². The second-order valence-corrected chi connectivity index (χ2v) is 6.62. The zero-order valence-electron chi connectivity index (χ0n) is 13.0. The van der Waals surface area contributed by atoms with E-state index >= 15 is 0 Å². The van der Waals surface area contributed by atoms with Crippen molar-refractivity contribution in [3.63, 3.8) is 0 Å². The minimum atomic E-state index is -0.0755. The van der Waals surface area contributed by atoms with Gasteiger partial charge >= 0.3 is 6.03 Å². The zero-order valence-corrected chi connectivity index (χ0v) is 13.9. The average Bonchev–Trinajstić information content (AvgIpc) is 2.55. The number of nitrogens with zero attached hydrogens (tertiary/aromatic N) is 1. The van der Waals surface area contributed by atoms with E-state index in [0.29, 0.717) is 13.1 Å². The number of nitrogens with one attached hydrogen (secondary N) is 2. The van der Waals surface area contributed by atoms with Gasteiger partial charge in [-0.05, 0) is 38.2 Å². The molecule has 0 saturated carbocycles. The summed E-state index contributed by atoms with van der Waals surface area (Å²) in [6, 6.07) is 9.54. The van der Waals surface area contributed by atoms with Crippen LogP contribution in [0.15, 0.2) is 30.3 Å². The molecule has 0 aliphatic carbocycles. The Morgan fingerprint density at radius 3 is 2.45 bits per heavy atom. The van der Waals surface area contributed by atoms with E-state index in [2.05, 4.69) is 10.6 Å². The van der Waals surface area contributed by atoms with E-state index < -0.39 is 0 Å². The van der Waals surface area contributed by atoms with Crippen molar-refractivity contribution in [3.8, 4) is 0 Å². The van der Waals surface area contributed by atoms with Crippen LogP contribution in [0.1, 0.15) is 19.8 Å². The first kappa shape index (κ1) is 16.7. The Hall–Kier alpha value is -1.69. The summed E-state index contributed by atoms with van der Waals surface area (Å²) in [6.45, 7) is 3.23. The van der Waals surface area contributed by atoms with Crippen molar-refractivity contribution in [2.75, 3.05) is 24.7 Å². The van der Waals surface area contributed by atoms with Gasteiger partial charge in [0.2, 0.25) is 5.91 Å². The van der Waals surface area contributed by atoms with Crippen LogP contribution in [0.4, 0.5) is 10.5 Å². The van der Waals surface area contributed by atoms with E-state index in [-0.39, 0.29) is 23.2 Å². The Bertz CT molecular complexity index is 501. The number of piperidine rings is 1. The number of thioether (sulfide) groups is 1. The zero-order chi connectivity index (χ0) is 15.9. The van der Waals surface area contributed by atoms with Crippen LogP contribution >= 0.6 is 11.8 Å². The summed E-state index contributed by atoms with van der Waals surface area (Å²) in [7, 11) is 0. The van der Waals surface area contributed by atoms with Crippen molar-refractivity contribution >= 4 is 29.4 Å². The molecule has 1 atom stereocenters. The summed E-state index contributed by atoms with van der Waals surface area (Å²) >= 11 is 1.54. The average molecular weight is 321 g/mol. The van der Waals surface area contributed by atoms with Crippen LogP contribution in [0.3, 0.4) is 0 Å². The smallest absolute Gasteiger partial charge is 0.321 e. The van der Waals surface area contributed by atoms with E-state index in [1.54, 1.807) is 16.7 Å². The highest BCUT2D eigenvalue weighted by molar-refractivity contribution is 7.99. The maximum absolute atomic E-state index is 12.2. The van der Waals surface area contributed by atoms with Gasteiger partial charge in [-0.1, -0.05) is 18.2 Å². The van der Waals surface area contributed by atoms with Crippen LogP contribution < -0.4 is 10.6 Å². The quantitative estimate of drug-likeness (QED) is 0.896. The molecule has 0 spiro atoms. The van der Waals surface area contributed by atoms with Crippen LogP contribution in [0.25, 0.3) is 0 Å². The molecule has 0 unspecified atom stereocenters. The highest BCUT2D eigenvalue weighted by Crippen LogP contribution is 2.14. The standard InChI is InChI=1S/C16H23N3O2S/c1-12(22-2)15(20)17-14-8-10-19(11-9-14)16(21)18-13-6-4-3-5-7-13/h3-7,12,14H,8-11H2,1-2H3,(H,17,20)(H,18,21)/t12-/m1/s1. The van der Waals surface area contributed by atoms with Crippen molar-refractivity contribution in [2.24, 2.45) is 0 Å². The number of carbonyl (C=O) groups is 2. The maximum atomic E-state index is 12.2. The molecule has 6 heteroatoms. The summed E-state index contributed by atoms with van der Waals surface area (Å²) in [5.74, 6) is 0.0830. The molecule has 1 aromatic rings. The fourth-order valence-electron chi connectivity index (χ4n) is 2.38. The molecule has 0 bridgehead atoms. The van der Waals surface area contributed by atoms with Gasteiger partial charge in [0.05, 0.1) is 5.25 Å². The molecular formula is C16H23N3O2S. The van der Waals surface area contributed by atoms with E-state index in [1.165, 1.54) is 0 Å². The number of hydrogen-bond acceptors (Lipinski definition) is 3. The van der Waals surface area contributed by atoms with Gasteiger partial charge in [-0.25, -0.2) is 4.79 Å². The third-order valence-electron chi connectivity index (χ3n) is 3.88. The monoisotopic (exact) mass is 321 g/mol. The van der Waals surface area contributed by atoms with E-state index in [4.69, 9.17) is 0 Å². The second-order valence-electron chi connectivity index (χ2n) is 5.44. The number of anilines is 1. The van der Waals surface area contributed by atoms with Gasteiger partial charge < -0.3 is 15.5 Å². The molecule has 0 aromatic heterocycles. The summed E-state index contributed by atoms with van der Waals surface area (Å²) < 4.78 is 0. The molecule has 0 radical (unpaired) electrons. The molecule has 5 nitrogen and oxygen atoms in total. The van der Waals surface area contributed by atoms with Gasteiger partial charge in [0.15, 0.2) is 0 Å². The lowest BCUT2D eigenvalue weighted by molar-refractivity contribution is -0.121. The predicted molar refractivity (Wildman–Crippen MR) is 91.2 cm³/mol. The minimum Gasteiger partial charge on any atom is -0.352 e. The molecule has 1 aliphatic rings. The van der Waals surface area contributed by atoms with Crippen LogP contribution in [0.5, 0.6) is 0 Å². The third-order valence-corrected chi connectivity index (χ3v) is 4.80. The molecular weight excluding hydrogens is 298 g/mol. The van der Waals surface area contributed by atoms with Gasteiger partial charge in [-0.15, -0.1) is 0 Å². The number of carbonyl (C=O) groups excluding carboxylic acids is 2. The molecule has 1 saturated heterocycles. The van der Waals surface area contributed by atoms with Crippen LogP contribution in [-0.4, -0.2) is 47.5 Å². The molecule has 2 rings (SSSR count). The Labute approximate surface area is 135 Å². The lowest BCUT2D eigenvalue weighted by atomic mass is 10.1. The molecule has 1 heterocycles. The lowest BCUT2D eigenvalue weighted by Crippen LogP contribution is -2.49. The molecule has 1 fully saturated rings. The lowest BCUT2D eigenvalue weighted by Gasteiger charge is -2.32. The van der Waals surface area contributed by atoms with Crippen LogP contribution in [0, 0.1) is 0 Å². The summed E-state index contributed by atoms with van der Waals surface area (Å²) in [4.78, 5) is 25.8. The number of para-hydroxylation sites is 1. The van der Waals surface area contributed by atoms with Crippen LogP contribution in [0.2, 0.25) is 0 Å². The summed E-state index contributed by atoms with van der Waals surface area (Å²) in [5, 5.41) is 5.92. The Morgan fingerprint density at radius 1 is 1.23 bits per heavy atom. The molecule has 120 valence electrons. The minimum absolute atomic E-state index is 0.0283. The number of rotatable bonds is 4. The second kappa shape index (κ2) is 8.08.